The van der Waals surface area contributed by atoms with Gasteiger partial charge in [0.15, 0.2) is 0 Å². The Labute approximate surface area is 140 Å². The molecule has 1 aromatic rings. The summed E-state index contributed by atoms with van der Waals surface area (Å²) >= 11 is 3.29. The van der Waals surface area contributed by atoms with E-state index in [1.54, 1.807) is 29.2 Å². The molecule has 0 saturated carbocycles. The van der Waals surface area contributed by atoms with Gasteiger partial charge in [0, 0.05) is 37.1 Å². The van der Waals surface area contributed by atoms with Crippen LogP contribution in [0.3, 0.4) is 0 Å². The minimum Gasteiger partial charge on any atom is -0.340 e. The molecular weight excluding hydrogens is 368 g/mol. The van der Waals surface area contributed by atoms with Crippen molar-refractivity contribution in [1.82, 2.24) is 9.21 Å². The number of halogens is 1. The molecule has 1 aromatic carbocycles. The molecule has 0 unspecified atom stereocenters. The molecule has 0 aromatic heterocycles. The standard InChI is InChI=1S/C15H21BrN2O3S/c1-12(2)10-15(19)17-6-8-18(9-7-17)22(20,21)14-5-3-4-13(16)11-14/h3-5,11-12H,6-10H2,1-2H3. The molecule has 0 N–H and O–H groups in total. The van der Waals surface area contributed by atoms with Crippen molar-refractivity contribution in [3.05, 3.63) is 28.7 Å². The van der Waals surface area contributed by atoms with Crippen LogP contribution in [0, 0.1) is 5.92 Å². The maximum Gasteiger partial charge on any atom is 0.243 e. The van der Waals surface area contributed by atoms with Crippen LogP contribution >= 0.6 is 15.9 Å². The monoisotopic (exact) mass is 388 g/mol. The number of benzene rings is 1. The molecule has 0 spiro atoms. The van der Waals surface area contributed by atoms with Crippen LogP contribution in [0.2, 0.25) is 0 Å². The number of piperazine rings is 1. The molecule has 122 valence electrons. The molecule has 1 heterocycles. The van der Waals surface area contributed by atoms with E-state index >= 15 is 0 Å². The number of carbonyl (C=O) groups is 1. The van der Waals surface area contributed by atoms with E-state index in [1.165, 1.54) is 4.31 Å². The maximum atomic E-state index is 12.6. The Balaban J connectivity index is 2.03. The largest absolute Gasteiger partial charge is 0.340 e. The number of amides is 1. The lowest BCUT2D eigenvalue weighted by atomic mass is 10.1. The topological polar surface area (TPSA) is 57.7 Å². The fraction of sp³-hybridized carbons (Fsp3) is 0.533. The summed E-state index contributed by atoms with van der Waals surface area (Å²) in [5.74, 6) is 0.422. The molecule has 1 amide bonds. The van der Waals surface area contributed by atoms with Gasteiger partial charge in [-0.1, -0.05) is 35.8 Å². The average Bonchev–Trinajstić information content (AvgIpc) is 2.46. The number of sulfonamides is 1. The quantitative estimate of drug-likeness (QED) is 0.794. The smallest absolute Gasteiger partial charge is 0.243 e. The molecule has 1 aliphatic rings. The van der Waals surface area contributed by atoms with E-state index in [0.29, 0.717) is 38.5 Å². The maximum absolute atomic E-state index is 12.6. The van der Waals surface area contributed by atoms with Crippen LogP contribution < -0.4 is 0 Å². The van der Waals surface area contributed by atoms with Crippen molar-refractivity contribution in [1.29, 1.82) is 0 Å². The first-order valence-electron chi connectivity index (χ1n) is 7.34. The zero-order valence-corrected chi connectivity index (χ0v) is 15.2. The first-order chi connectivity index (χ1) is 10.3. The van der Waals surface area contributed by atoms with Gasteiger partial charge >= 0.3 is 0 Å². The number of carbonyl (C=O) groups excluding carboxylic acids is 1. The second-order valence-electron chi connectivity index (χ2n) is 5.84. The Morgan fingerprint density at radius 3 is 2.41 bits per heavy atom. The highest BCUT2D eigenvalue weighted by Gasteiger charge is 2.30. The van der Waals surface area contributed by atoms with E-state index in [4.69, 9.17) is 0 Å². The minimum absolute atomic E-state index is 0.106. The van der Waals surface area contributed by atoms with Gasteiger partial charge in [-0.05, 0) is 24.1 Å². The number of nitrogens with zero attached hydrogens (tertiary/aromatic N) is 2. The van der Waals surface area contributed by atoms with Crippen molar-refractivity contribution in [3.63, 3.8) is 0 Å². The fourth-order valence-electron chi connectivity index (χ4n) is 2.43. The van der Waals surface area contributed by atoms with Crippen LogP contribution in [0.25, 0.3) is 0 Å². The fourth-order valence-corrected chi connectivity index (χ4v) is 4.45. The lowest BCUT2D eigenvalue weighted by Crippen LogP contribution is -2.50. The predicted octanol–water partition coefficient (Wildman–Crippen LogP) is 2.33. The van der Waals surface area contributed by atoms with Crippen LogP contribution in [0.1, 0.15) is 20.3 Å². The Hall–Kier alpha value is -0.920. The summed E-state index contributed by atoms with van der Waals surface area (Å²) < 4.78 is 27.4. The van der Waals surface area contributed by atoms with Crippen molar-refractivity contribution >= 4 is 31.9 Å². The first-order valence-corrected chi connectivity index (χ1v) is 9.57. The molecular formula is C15H21BrN2O3S. The summed E-state index contributed by atoms with van der Waals surface area (Å²) in [6.07, 6.45) is 0.512. The molecule has 2 rings (SSSR count). The molecule has 1 fully saturated rings. The summed E-state index contributed by atoms with van der Waals surface area (Å²) in [4.78, 5) is 14.1. The third-order valence-corrected chi connectivity index (χ3v) is 6.00. The summed E-state index contributed by atoms with van der Waals surface area (Å²) in [5, 5.41) is 0. The molecule has 0 radical (unpaired) electrons. The highest BCUT2D eigenvalue weighted by atomic mass is 79.9. The Bertz CT molecular complexity index is 638. The lowest BCUT2D eigenvalue weighted by molar-refractivity contribution is -0.133. The van der Waals surface area contributed by atoms with E-state index in [-0.39, 0.29) is 10.8 Å². The van der Waals surface area contributed by atoms with Gasteiger partial charge < -0.3 is 4.90 Å². The van der Waals surface area contributed by atoms with Gasteiger partial charge in [-0.2, -0.15) is 4.31 Å². The van der Waals surface area contributed by atoms with Crippen molar-refractivity contribution < 1.29 is 13.2 Å². The predicted molar refractivity (Wildman–Crippen MR) is 88.9 cm³/mol. The highest BCUT2D eigenvalue weighted by molar-refractivity contribution is 9.10. The minimum atomic E-state index is -3.49. The second kappa shape index (κ2) is 7.10. The van der Waals surface area contributed by atoms with Gasteiger partial charge in [-0.25, -0.2) is 8.42 Å². The van der Waals surface area contributed by atoms with Crippen LogP contribution in [0.4, 0.5) is 0 Å². The molecule has 7 heteroatoms. The van der Waals surface area contributed by atoms with Crippen LogP contribution in [-0.2, 0) is 14.8 Å². The number of hydrogen-bond acceptors (Lipinski definition) is 3. The van der Waals surface area contributed by atoms with E-state index in [0.717, 1.165) is 4.47 Å². The van der Waals surface area contributed by atoms with E-state index in [1.807, 2.05) is 13.8 Å². The summed E-state index contributed by atoms with van der Waals surface area (Å²) in [7, 11) is -3.49. The highest BCUT2D eigenvalue weighted by Crippen LogP contribution is 2.21. The third-order valence-electron chi connectivity index (χ3n) is 3.61. The summed E-state index contributed by atoms with van der Waals surface area (Å²) in [6, 6.07) is 6.70. The van der Waals surface area contributed by atoms with Crippen LogP contribution in [0.5, 0.6) is 0 Å². The third kappa shape index (κ3) is 4.08. The van der Waals surface area contributed by atoms with Crippen LogP contribution in [0.15, 0.2) is 33.6 Å². The molecule has 1 aliphatic heterocycles. The van der Waals surface area contributed by atoms with Crippen molar-refractivity contribution in [2.24, 2.45) is 5.92 Å². The van der Waals surface area contributed by atoms with Gasteiger partial charge in [0.05, 0.1) is 4.90 Å². The normalized spacial score (nSPS) is 17.0. The number of rotatable bonds is 4. The van der Waals surface area contributed by atoms with E-state index in [9.17, 15) is 13.2 Å². The van der Waals surface area contributed by atoms with Crippen molar-refractivity contribution in [2.75, 3.05) is 26.2 Å². The van der Waals surface area contributed by atoms with Crippen molar-refractivity contribution in [3.8, 4) is 0 Å². The molecule has 0 atom stereocenters. The van der Waals surface area contributed by atoms with Gasteiger partial charge in [-0.3, -0.25) is 4.79 Å². The molecule has 1 saturated heterocycles. The van der Waals surface area contributed by atoms with Crippen LogP contribution in [-0.4, -0.2) is 49.7 Å². The molecule has 0 bridgehead atoms. The van der Waals surface area contributed by atoms with E-state index < -0.39 is 10.0 Å². The Morgan fingerprint density at radius 1 is 1.23 bits per heavy atom. The lowest BCUT2D eigenvalue weighted by Gasteiger charge is -2.34. The summed E-state index contributed by atoms with van der Waals surface area (Å²) in [6.45, 7) is 5.62. The Kier molecular flexibility index (Phi) is 5.63. The Morgan fingerprint density at radius 2 is 1.86 bits per heavy atom. The second-order valence-corrected chi connectivity index (χ2v) is 8.69. The molecule has 22 heavy (non-hydrogen) atoms. The average molecular weight is 389 g/mol. The summed E-state index contributed by atoms with van der Waals surface area (Å²) in [5.41, 5.74) is 0. The van der Waals surface area contributed by atoms with Gasteiger partial charge in [0.25, 0.3) is 0 Å². The van der Waals surface area contributed by atoms with Crippen molar-refractivity contribution in [2.45, 2.75) is 25.2 Å². The molecule has 0 aliphatic carbocycles. The zero-order chi connectivity index (χ0) is 16.3. The van der Waals surface area contributed by atoms with Gasteiger partial charge in [-0.15, -0.1) is 0 Å². The zero-order valence-electron chi connectivity index (χ0n) is 12.8. The van der Waals surface area contributed by atoms with Gasteiger partial charge in [0.1, 0.15) is 0 Å². The SMILES string of the molecule is CC(C)CC(=O)N1CCN(S(=O)(=O)c2cccc(Br)c2)CC1. The first kappa shape index (κ1) is 17.4. The molecule has 5 nitrogen and oxygen atoms in total. The van der Waals surface area contributed by atoms with E-state index in [2.05, 4.69) is 15.9 Å². The van der Waals surface area contributed by atoms with Gasteiger partial charge in [0.2, 0.25) is 15.9 Å². The number of hydrogen-bond donors (Lipinski definition) is 0.